The summed E-state index contributed by atoms with van der Waals surface area (Å²) in [5.74, 6) is 0. The third kappa shape index (κ3) is 4.09. The van der Waals surface area contributed by atoms with Gasteiger partial charge in [0.2, 0.25) is 0 Å². The zero-order valence-electron chi connectivity index (χ0n) is 13.1. The molecule has 0 saturated carbocycles. The van der Waals surface area contributed by atoms with Crippen LogP contribution in [0, 0.1) is 6.92 Å². The number of hydrogen-bond donors (Lipinski definition) is 1. The normalized spacial score (nSPS) is 12.4. The van der Waals surface area contributed by atoms with Gasteiger partial charge in [-0.3, -0.25) is 0 Å². The lowest BCUT2D eigenvalue weighted by Crippen LogP contribution is -2.23. The van der Waals surface area contributed by atoms with Crippen molar-refractivity contribution >= 4 is 11.6 Å². The van der Waals surface area contributed by atoms with Gasteiger partial charge in [-0.2, -0.15) is 0 Å². The molecule has 2 heteroatoms. The first kappa shape index (κ1) is 16.1. The van der Waals surface area contributed by atoms with E-state index in [0.717, 1.165) is 30.0 Å². The van der Waals surface area contributed by atoms with Gasteiger partial charge in [-0.1, -0.05) is 61.8 Å². The van der Waals surface area contributed by atoms with Gasteiger partial charge in [0.25, 0.3) is 0 Å². The Labute approximate surface area is 133 Å². The molecule has 0 saturated heterocycles. The summed E-state index contributed by atoms with van der Waals surface area (Å²) >= 11 is 6.31. The van der Waals surface area contributed by atoms with Crippen molar-refractivity contribution in [1.29, 1.82) is 0 Å². The van der Waals surface area contributed by atoms with E-state index in [2.05, 4.69) is 61.6 Å². The van der Waals surface area contributed by atoms with Crippen molar-refractivity contribution in [3.8, 4) is 0 Å². The molecule has 0 heterocycles. The average Bonchev–Trinajstić information content (AvgIpc) is 2.51. The molecule has 1 nitrogen and oxygen atoms in total. The van der Waals surface area contributed by atoms with Crippen molar-refractivity contribution < 1.29 is 0 Å². The fourth-order valence-electron chi connectivity index (χ4n) is 2.50. The fourth-order valence-corrected chi connectivity index (χ4v) is 2.69. The summed E-state index contributed by atoms with van der Waals surface area (Å²) in [6.45, 7) is 7.41. The van der Waals surface area contributed by atoms with Crippen molar-refractivity contribution in [3.63, 3.8) is 0 Å². The van der Waals surface area contributed by atoms with Gasteiger partial charge in [-0.05, 0) is 54.6 Å². The summed E-state index contributed by atoms with van der Waals surface area (Å²) < 4.78 is 0. The molecule has 0 aliphatic rings. The minimum atomic E-state index is 0.203. The van der Waals surface area contributed by atoms with Crippen molar-refractivity contribution in [2.45, 2.75) is 39.7 Å². The summed E-state index contributed by atoms with van der Waals surface area (Å²) in [5, 5.41) is 4.48. The zero-order chi connectivity index (χ0) is 15.2. The largest absolute Gasteiger partial charge is 0.306 e. The third-order valence-corrected chi connectivity index (χ3v) is 4.23. The highest BCUT2D eigenvalue weighted by Gasteiger charge is 2.14. The predicted octanol–water partition coefficient (Wildman–Crippen LogP) is 5.30. The van der Waals surface area contributed by atoms with E-state index in [-0.39, 0.29) is 6.04 Å². The maximum absolute atomic E-state index is 6.31. The molecular weight excluding hydrogens is 278 g/mol. The molecule has 0 spiro atoms. The molecular formula is C19H24ClN. The Kier molecular flexibility index (Phi) is 5.84. The van der Waals surface area contributed by atoms with Crippen LogP contribution in [0.4, 0.5) is 0 Å². The van der Waals surface area contributed by atoms with E-state index >= 15 is 0 Å². The van der Waals surface area contributed by atoms with Crippen LogP contribution in [0.3, 0.4) is 0 Å². The number of aryl methyl sites for hydroxylation is 2. The first-order valence-corrected chi connectivity index (χ1v) is 8.11. The van der Waals surface area contributed by atoms with Gasteiger partial charge in [0.15, 0.2) is 0 Å². The maximum atomic E-state index is 6.31. The van der Waals surface area contributed by atoms with Gasteiger partial charge in [0.1, 0.15) is 0 Å². The van der Waals surface area contributed by atoms with Crippen LogP contribution in [0.1, 0.15) is 48.6 Å². The fraction of sp³-hybridized carbons (Fsp3) is 0.368. The van der Waals surface area contributed by atoms with Crippen LogP contribution in [0.15, 0.2) is 42.5 Å². The molecule has 1 N–H and O–H groups in total. The zero-order valence-corrected chi connectivity index (χ0v) is 13.9. The lowest BCUT2D eigenvalue weighted by atomic mass is 9.95. The van der Waals surface area contributed by atoms with Crippen LogP contribution in [0.2, 0.25) is 5.02 Å². The molecule has 0 fully saturated rings. The van der Waals surface area contributed by atoms with Crippen LogP contribution in [-0.2, 0) is 6.42 Å². The Morgan fingerprint density at radius 2 is 1.81 bits per heavy atom. The van der Waals surface area contributed by atoms with Gasteiger partial charge in [0, 0.05) is 5.02 Å². The number of halogens is 1. The third-order valence-electron chi connectivity index (χ3n) is 3.82. The van der Waals surface area contributed by atoms with Gasteiger partial charge >= 0.3 is 0 Å². The van der Waals surface area contributed by atoms with Gasteiger partial charge in [0.05, 0.1) is 6.04 Å². The maximum Gasteiger partial charge on any atom is 0.0577 e. The molecule has 21 heavy (non-hydrogen) atoms. The Hall–Kier alpha value is -1.31. The number of rotatable bonds is 6. The molecule has 0 amide bonds. The molecule has 112 valence electrons. The van der Waals surface area contributed by atoms with Crippen LogP contribution in [0.25, 0.3) is 0 Å². The molecule has 2 aromatic rings. The lowest BCUT2D eigenvalue weighted by Gasteiger charge is -2.21. The van der Waals surface area contributed by atoms with E-state index in [1.807, 2.05) is 6.92 Å². The highest BCUT2D eigenvalue weighted by atomic mass is 35.5. The Balaban J connectivity index is 2.38. The highest BCUT2D eigenvalue weighted by Crippen LogP contribution is 2.27. The molecule has 1 atom stereocenters. The van der Waals surface area contributed by atoms with E-state index in [4.69, 9.17) is 11.6 Å². The van der Waals surface area contributed by atoms with E-state index in [1.54, 1.807) is 0 Å². The van der Waals surface area contributed by atoms with Crippen molar-refractivity contribution in [1.82, 2.24) is 5.32 Å². The standard InChI is InChI=1S/C19H24ClN/c1-4-11-21-19(16-8-6-7-15(5-2)12-16)17-10-9-14(3)18(20)13-17/h6-10,12-13,19,21H,4-5,11H2,1-3H3. The number of hydrogen-bond acceptors (Lipinski definition) is 1. The summed E-state index contributed by atoms with van der Waals surface area (Å²) in [4.78, 5) is 0. The molecule has 2 aromatic carbocycles. The van der Waals surface area contributed by atoms with E-state index in [9.17, 15) is 0 Å². The minimum absolute atomic E-state index is 0.203. The predicted molar refractivity (Wildman–Crippen MR) is 92.1 cm³/mol. The number of benzene rings is 2. The Bertz CT molecular complexity index is 592. The van der Waals surface area contributed by atoms with Crippen molar-refractivity contribution in [2.24, 2.45) is 0 Å². The van der Waals surface area contributed by atoms with Gasteiger partial charge in [-0.15, -0.1) is 0 Å². The minimum Gasteiger partial charge on any atom is -0.306 e. The molecule has 1 unspecified atom stereocenters. The van der Waals surface area contributed by atoms with Crippen LogP contribution in [0.5, 0.6) is 0 Å². The van der Waals surface area contributed by atoms with Gasteiger partial charge < -0.3 is 5.32 Å². The lowest BCUT2D eigenvalue weighted by molar-refractivity contribution is 0.598. The van der Waals surface area contributed by atoms with Crippen molar-refractivity contribution in [2.75, 3.05) is 6.54 Å². The monoisotopic (exact) mass is 301 g/mol. The first-order chi connectivity index (χ1) is 10.2. The van der Waals surface area contributed by atoms with Gasteiger partial charge in [-0.25, -0.2) is 0 Å². The topological polar surface area (TPSA) is 12.0 Å². The smallest absolute Gasteiger partial charge is 0.0577 e. The summed E-state index contributed by atoms with van der Waals surface area (Å²) in [6.07, 6.45) is 2.17. The quantitative estimate of drug-likeness (QED) is 0.763. The van der Waals surface area contributed by atoms with Crippen LogP contribution < -0.4 is 5.32 Å². The summed E-state index contributed by atoms with van der Waals surface area (Å²) in [6, 6.07) is 15.4. The van der Waals surface area contributed by atoms with E-state index in [1.165, 1.54) is 16.7 Å². The van der Waals surface area contributed by atoms with Crippen LogP contribution in [-0.4, -0.2) is 6.54 Å². The molecule has 0 radical (unpaired) electrons. The first-order valence-electron chi connectivity index (χ1n) is 7.74. The summed E-state index contributed by atoms with van der Waals surface area (Å²) in [7, 11) is 0. The highest BCUT2D eigenvalue weighted by molar-refractivity contribution is 6.31. The SMILES string of the molecule is CCCNC(c1cccc(CC)c1)c1ccc(C)c(Cl)c1. The Morgan fingerprint density at radius 3 is 2.48 bits per heavy atom. The molecule has 0 bridgehead atoms. The second-order valence-electron chi connectivity index (χ2n) is 5.49. The molecule has 0 aliphatic carbocycles. The molecule has 2 rings (SSSR count). The number of nitrogens with one attached hydrogen (secondary N) is 1. The second kappa shape index (κ2) is 7.63. The van der Waals surface area contributed by atoms with Crippen molar-refractivity contribution in [3.05, 3.63) is 69.7 Å². The molecule has 0 aromatic heterocycles. The average molecular weight is 302 g/mol. The van der Waals surface area contributed by atoms with E-state index < -0.39 is 0 Å². The second-order valence-corrected chi connectivity index (χ2v) is 5.90. The summed E-state index contributed by atoms with van der Waals surface area (Å²) in [5.41, 5.74) is 5.03. The molecule has 0 aliphatic heterocycles. The van der Waals surface area contributed by atoms with E-state index in [0.29, 0.717) is 0 Å². The Morgan fingerprint density at radius 1 is 1.05 bits per heavy atom. The van der Waals surface area contributed by atoms with Crippen LogP contribution >= 0.6 is 11.6 Å².